The molecule has 12 heavy (non-hydrogen) atoms. The molecular weight excluding hydrogens is 191 g/mol. The van der Waals surface area contributed by atoms with Crippen molar-refractivity contribution >= 4 is 39.7 Å². The Labute approximate surface area is 95.0 Å². The Morgan fingerprint density at radius 3 is 2.50 bits per heavy atom. The first-order valence-corrected chi connectivity index (χ1v) is 4.79. The molecule has 0 radical (unpaired) electrons. The molecule has 6 heteroatoms. The summed E-state index contributed by atoms with van der Waals surface area (Å²) in [6.45, 7) is 3.23. The third-order valence-corrected chi connectivity index (χ3v) is 2.06. The monoisotopic (exact) mass is 204 g/mol. The Bertz CT molecular complexity index is 200. The van der Waals surface area contributed by atoms with Crippen molar-refractivity contribution in [2.45, 2.75) is 6.42 Å². The molecule has 0 saturated heterocycles. The van der Waals surface area contributed by atoms with Gasteiger partial charge in [0.25, 0.3) is 10.1 Å². The molecule has 0 rings (SSSR count). The molecule has 1 N–H and O–H groups in total. The standard InChI is InChI=1S/C6H12O4S.Na.H/c1-2-6-11(8,9)10-5-3-4-7;;/h2,7H,1,3-6H2;;. The van der Waals surface area contributed by atoms with E-state index in [-0.39, 0.29) is 48.5 Å². The maximum atomic E-state index is 10.7. The topological polar surface area (TPSA) is 63.6 Å². The average molecular weight is 204 g/mol. The summed E-state index contributed by atoms with van der Waals surface area (Å²) in [5.41, 5.74) is 0. The van der Waals surface area contributed by atoms with Crippen LogP contribution in [-0.2, 0) is 14.3 Å². The van der Waals surface area contributed by atoms with Gasteiger partial charge in [0.15, 0.2) is 0 Å². The van der Waals surface area contributed by atoms with Gasteiger partial charge in [-0.25, -0.2) is 0 Å². The summed E-state index contributed by atoms with van der Waals surface area (Å²) in [5.74, 6) is -0.182. The van der Waals surface area contributed by atoms with Gasteiger partial charge in [0.05, 0.1) is 12.4 Å². The van der Waals surface area contributed by atoms with Crippen LogP contribution in [0.15, 0.2) is 12.7 Å². The zero-order valence-corrected chi connectivity index (χ0v) is 7.01. The Balaban J connectivity index is 0. The Hall–Kier alpha value is 0.610. The van der Waals surface area contributed by atoms with Gasteiger partial charge < -0.3 is 5.11 Å². The van der Waals surface area contributed by atoms with E-state index in [1.807, 2.05) is 0 Å². The van der Waals surface area contributed by atoms with Crippen molar-refractivity contribution in [2.75, 3.05) is 19.0 Å². The Morgan fingerprint density at radius 2 is 2.08 bits per heavy atom. The van der Waals surface area contributed by atoms with E-state index in [4.69, 9.17) is 5.11 Å². The second-order valence-electron chi connectivity index (χ2n) is 1.91. The molecule has 0 unspecified atom stereocenters. The van der Waals surface area contributed by atoms with Crippen LogP contribution in [0.3, 0.4) is 0 Å². The molecule has 0 aromatic heterocycles. The molecular formula is C6H13NaO4S. The molecule has 4 nitrogen and oxygen atoms in total. The fourth-order valence-corrected chi connectivity index (χ4v) is 1.20. The number of hydrogen-bond donors (Lipinski definition) is 1. The van der Waals surface area contributed by atoms with Crippen LogP contribution in [0.1, 0.15) is 6.42 Å². The van der Waals surface area contributed by atoms with Crippen LogP contribution >= 0.6 is 0 Å². The Morgan fingerprint density at radius 1 is 1.50 bits per heavy atom. The fourth-order valence-electron chi connectivity index (χ4n) is 0.443. The van der Waals surface area contributed by atoms with Gasteiger partial charge in [-0.3, -0.25) is 4.18 Å². The van der Waals surface area contributed by atoms with Crippen molar-refractivity contribution in [3.8, 4) is 0 Å². The van der Waals surface area contributed by atoms with Crippen LogP contribution in [0.4, 0.5) is 0 Å². The van der Waals surface area contributed by atoms with E-state index in [2.05, 4.69) is 10.8 Å². The number of aliphatic hydroxyl groups is 1. The second kappa shape index (κ2) is 8.22. The first-order valence-electron chi connectivity index (χ1n) is 3.21. The van der Waals surface area contributed by atoms with E-state index < -0.39 is 10.1 Å². The van der Waals surface area contributed by atoms with Crippen LogP contribution < -0.4 is 0 Å². The zero-order chi connectivity index (χ0) is 8.74. The zero-order valence-electron chi connectivity index (χ0n) is 6.19. The van der Waals surface area contributed by atoms with Gasteiger partial charge in [-0.15, -0.1) is 6.58 Å². The third-order valence-electron chi connectivity index (χ3n) is 0.887. The molecule has 0 aromatic carbocycles. The van der Waals surface area contributed by atoms with Crippen LogP contribution in [0.5, 0.6) is 0 Å². The van der Waals surface area contributed by atoms with Gasteiger partial charge in [0.1, 0.15) is 0 Å². The van der Waals surface area contributed by atoms with E-state index >= 15 is 0 Å². The first kappa shape index (κ1) is 15.1. The molecule has 68 valence electrons. The van der Waals surface area contributed by atoms with Crippen molar-refractivity contribution in [3.05, 3.63) is 12.7 Å². The molecule has 0 amide bonds. The van der Waals surface area contributed by atoms with E-state index in [1.165, 1.54) is 6.08 Å². The summed E-state index contributed by atoms with van der Waals surface area (Å²) in [7, 11) is -3.43. The van der Waals surface area contributed by atoms with Gasteiger partial charge in [0, 0.05) is 6.61 Å². The predicted molar refractivity (Wildman–Crippen MR) is 48.8 cm³/mol. The van der Waals surface area contributed by atoms with Crippen molar-refractivity contribution in [2.24, 2.45) is 0 Å². The molecule has 0 bridgehead atoms. The number of rotatable bonds is 6. The minimum absolute atomic E-state index is 0. The van der Waals surface area contributed by atoms with E-state index in [0.29, 0.717) is 6.42 Å². The molecule has 0 heterocycles. The molecule has 0 spiro atoms. The molecule has 0 aliphatic rings. The van der Waals surface area contributed by atoms with Gasteiger partial charge in [-0.1, -0.05) is 6.08 Å². The SMILES string of the molecule is C=CCS(=O)(=O)OCCCO.[NaH]. The fraction of sp³-hybridized carbons (Fsp3) is 0.667. The average Bonchev–Trinajstić information content (AvgIpc) is 1.87. The molecule has 0 aliphatic heterocycles. The van der Waals surface area contributed by atoms with Crippen LogP contribution in [0.2, 0.25) is 0 Å². The summed E-state index contributed by atoms with van der Waals surface area (Å²) in [6, 6.07) is 0. The molecule has 0 aliphatic carbocycles. The number of aliphatic hydroxyl groups excluding tert-OH is 1. The van der Waals surface area contributed by atoms with Gasteiger partial charge >= 0.3 is 29.6 Å². The van der Waals surface area contributed by atoms with Crippen molar-refractivity contribution < 1.29 is 17.7 Å². The molecule has 0 atom stereocenters. The van der Waals surface area contributed by atoms with Gasteiger partial charge in [-0.05, 0) is 6.42 Å². The predicted octanol–water partition coefficient (Wildman–Crippen LogP) is -0.747. The van der Waals surface area contributed by atoms with Crippen LogP contribution in [-0.4, -0.2) is 62.0 Å². The van der Waals surface area contributed by atoms with E-state index in [9.17, 15) is 8.42 Å². The minimum atomic E-state index is -3.43. The first-order chi connectivity index (χ1) is 5.12. The van der Waals surface area contributed by atoms with Crippen LogP contribution in [0, 0.1) is 0 Å². The van der Waals surface area contributed by atoms with Gasteiger partial charge in [-0.2, -0.15) is 8.42 Å². The van der Waals surface area contributed by atoms with Crippen molar-refractivity contribution in [3.63, 3.8) is 0 Å². The van der Waals surface area contributed by atoms with Crippen molar-refractivity contribution in [1.29, 1.82) is 0 Å². The van der Waals surface area contributed by atoms with Crippen molar-refractivity contribution in [1.82, 2.24) is 0 Å². The third kappa shape index (κ3) is 8.70. The van der Waals surface area contributed by atoms with Gasteiger partial charge in [0.2, 0.25) is 0 Å². The molecule has 0 fully saturated rings. The number of hydrogen-bond acceptors (Lipinski definition) is 4. The summed E-state index contributed by atoms with van der Waals surface area (Å²) in [4.78, 5) is 0. The maximum absolute atomic E-state index is 10.7. The summed E-state index contributed by atoms with van der Waals surface area (Å²) in [6.07, 6.45) is 1.59. The summed E-state index contributed by atoms with van der Waals surface area (Å²) < 4.78 is 25.9. The molecule has 0 aromatic rings. The second-order valence-corrected chi connectivity index (χ2v) is 3.60. The molecule has 0 saturated carbocycles. The normalized spacial score (nSPS) is 10.4. The van der Waals surface area contributed by atoms with E-state index in [0.717, 1.165) is 0 Å². The van der Waals surface area contributed by atoms with E-state index in [1.54, 1.807) is 0 Å². The van der Waals surface area contributed by atoms with Crippen LogP contribution in [0.25, 0.3) is 0 Å². The summed E-state index contributed by atoms with van der Waals surface area (Å²) >= 11 is 0. The Kier molecular flexibility index (Phi) is 10.3. The quantitative estimate of drug-likeness (QED) is 0.268. The summed E-state index contributed by atoms with van der Waals surface area (Å²) in [5, 5.41) is 8.30.